The molecule has 1 aromatic heterocycles. The van der Waals surface area contributed by atoms with Gasteiger partial charge in [0.2, 0.25) is 5.91 Å². The number of fused-ring (bicyclic) bond motifs is 1. The Kier molecular flexibility index (Phi) is 7.16. The summed E-state index contributed by atoms with van der Waals surface area (Å²) in [5.74, 6) is 1.24. The maximum absolute atomic E-state index is 13.4. The number of hydrogen-bond acceptors (Lipinski definition) is 7. The normalized spacial score (nSPS) is 15.3. The highest BCUT2D eigenvalue weighted by atomic mass is 32.2. The second-order valence-electron chi connectivity index (χ2n) is 8.73. The van der Waals surface area contributed by atoms with Crippen LogP contribution in [0.2, 0.25) is 0 Å². The molecule has 1 amide bonds. The quantitative estimate of drug-likeness (QED) is 0.350. The van der Waals surface area contributed by atoms with Crippen molar-refractivity contribution in [2.75, 3.05) is 17.3 Å². The lowest BCUT2D eigenvalue weighted by molar-refractivity contribution is -0.116. The fraction of sp³-hybridized carbons (Fsp3) is 0.346. The molecule has 0 saturated heterocycles. The Morgan fingerprint density at radius 1 is 1.17 bits per heavy atom. The van der Waals surface area contributed by atoms with Crippen molar-refractivity contribution in [1.82, 2.24) is 10.2 Å². The van der Waals surface area contributed by atoms with Gasteiger partial charge in [0.1, 0.15) is 17.3 Å². The lowest BCUT2D eigenvalue weighted by Gasteiger charge is -2.41. The molecule has 184 valence electrons. The van der Waals surface area contributed by atoms with Gasteiger partial charge in [-0.25, -0.2) is 4.39 Å². The summed E-state index contributed by atoms with van der Waals surface area (Å²) in [6.45, 7) is 10.3. The van der Waals surface area contributed by atoms with Crippen molar-refractivity contribution < 1.29 is 23.1 Å². The first kappa shape index (κ1) is 24.8. The highest BCUT2D eigenvalue weighted by molar-refractivity contribution is 7.99. The van der Waals surface area contributed by atoms with Gasteiger partial charge in [-0.3, -0.25) is 4.79 Å². The molecule has 0 N–H and O–H groups in total. The molecule has 35 heavy (non-hydrogen) atoms. The maximum Gasteiger partial charge on any atom is 0.277 e. The van der Waals surface area contributed by atoms with E-state index in [1.165, 1.54) is 36.0 Å². The van der Waals surface area contributed by atoms with Crippen LogP contribution in [0.5, 0.6) is 11.5 Å². The lowest BCUT2D eigenvalue weighted by atomic mass is 9.88. The van der Waals surface area contributed by atoms with Crippen LogP contribution in [0.25, 0.3) is 5.57 Å². The molecular formula is C26H28FN3O4S. The average molecular weight is 498 g/mol. The molecule has 4 rings (SSSR count). The van der Waals surface area contributed by atoms with Gasteiger partial charge in [-0.2, -0.15) is 0 Å². The van der Waals surface area contributed by atoms with Crippen LogP contribution in [0.4, 0.5) is 10.1 Å². The van der Waals surface area contributed by atoms with Gasteiger partial charge in [0.15, 0.2) is 6.10 Å². The Hall–Kier alpha value is -3.33. The zero-order valence-electron chi connectivity index (χ0n) is 20.4. The fourth-order valence-corrected chi connectivity index (χ4v) is 4.74. The minimum Gasteiger partial charge on any atom is -0.494 e. The first-order valence-corrected chi connectivity index (χ1v) is 12.3. The lowest BCUT2D eigenvalue weighted by Crippen LogP contribution is -2.49. The summed E-state index contributed by atoms with van der Waals surface area (Å²) in [6.07, 6.45) is 1.56. The molecule has 0 bridgehead atoms. The number of thioether (sulfide) groups is 1. The van der Waals surface area contributed by atoms with Gasteiger partial charge in [0.25, 0.3) is 11.1 Å². The first-order valence-electron chi connectivity index (χ1n) is 11.4. The van der Waals surface area contributed by atoms with E-state index in [9.17, 15) is 9.18 Å². The van der Waals surface area contributed by atoms with Crippen LogP contribution in [-0.2, 0) is 4.79 Å². The van der Waals surface area contributed by atoms with Gasteiger partial charge in [0.05, 0.1) is 23.6 Å². The number of allylic oxidation sites excluding steroid dienone is 1. The van der Waals surface area contributed by atoms with Crippen LogP contribution in [-0.4, -0.2) is 34.0 Å². The van der Waals surface area contributed by atoms with E-state index in [4.69, 9.17) is 13.9 Å². The molecule has 7 nitrogen and oxygen atoms in total. The first-order chi connectivity index (χ1) is 16.7. The summed E-state index contributed by atoms with van der Waals surface area (Å²) in [5, 5.41) is 8.35. The Morgan fingerprint density at radius 2 is 1.89 bits per heavy atom. The van der Waals surface area contributed by atoms with Crippen LogP contribution in [0.15, 0.2) is 58.2 Å². The maximum atomic E-state index is 13.4. The average Bonchev–Trinajstić information content (AvgIpc) is 3.28. The van der Waals surface area contributed by atoms with E-state index < -0.39 is 11.6 Å². The highest BCUT2D eigenvalue weighted by Gasteiger charge is 2.36. The molecule has 1 aliphatic rings. The van der Waals surface area contributed by atoms with Crippen LogP contribution in [0.3, 0.4) is 0 Å². The summed E-state index contributed by atoms with van der Waals surface area (Å²) in [7, 11) is 0. The molecule has 1 atom stereocenters. The minimum atomic E-state index is -0.529. The molecule has 3 aromatic rings. The number of benzene rings is 2. The standard InChI is InChI=1S/C26H28FN3O4S/c1-6-32-20-11-12-22-21(13-20)16(2)14-26(4,5)30(22)23(31)15-35-25-29-28-24(34-25)17(3)33-19-9-7-18(27)8-10-19/h7-14,17H,6,15H2,1-5H3. The van der Waals surface area contributed by atoms with Crippen LogP contribution in [0, 0.1) is 5.82 Å². The van der Waals surface area contributed by atoms with Gasteiger partial charge in [-0.1, -0.05) is 17.8 Å². The van der Waals surface area contributed by atoms with Gasteiger partial charge in [0, 0.05) is 5.56 Å². The molecule has 0 fully saturated rings. The SMILES string of the molecule is CCOc1ccc2c(c1)C(C)=CC(C)(C)N2C(=O)CSc1nnc(C(C)Oc2ccc(F)cc2)o1. The number of rotatable bonds is 8. The van der Waals surface area contributed by atoms with Crippen LogP contribution >= 0.6 is 11.8 Å². The summed E-state index contributed by atoms with van der Waals surface area (Å²) in [6, 6.07) is 11.5. The van der Waals surface area contributed by atoms with Crippen molar-refractivity contribution in [1.29, 1.82) is 0 Å². The van der Waals surface area contributed by atoms with Gasteiger partial charge >= 0.3 is 0 Å². The van der Waals surface area contributed by atoms with E-state index in [1.807, 2.05) is 45.9 Å². The second kappa shape index (κ2) is 10.1. The number of carbonyl (C=O) groups is 1. The number of ether oxygens (including phenoxy) is 2. The molecule has 1 aliphatic heterocycles. The number of hydrogen-bond donors (Lipinski definition) is 0. The number of nitrogens with zero attached hydrogens (tertiary/aromatic N) is 3. The molecule has 9 heteroatoms. The van der Waals surface area contributed by atoms with Crippen molar-refractivity contribution in [2.24, 2.45) is 0 Å². The Balaban J connectivity index is 1.45. The Bertz CT molecular complexity index is 1240. The number of anilines is 1. The zero-order valence-corrected chi connectivity index (χ0v) is 21.2. The third-order valence-corrected chi connectivity index (χ3v) is 6.36. The second-order valence-corrected chi connectivity index (χ2v) is 9.66. The van der Waals surface area contributed by atoms with Gasteiger partial charge in [-0.05, 0) is 82.7 Å². The number of amides is 1. The van der Waals surface area contributed by atoms with E-state index in [0.717, 1.165) is 22.6 Å². The predicted octanol–water partition coefficient (Wildman–Crippen LogP) is 6.07. The largest absolute Gasteiger partial charge is 0.494 e. The molecule has 0 saturated carbocycles. The smallest absolute Gasteiger partial charge is 0.277 e. The Labute approximate surface area is 208 Å². The van der Waals surface area contributed by atoms with Gasteiger partial charge < -0.3 is 18.8 Å². The predicted molar refractivity (Wildman–Crippen MR) is 133 cm³/mol. The van der Waals surface area contributed by atoms with Crippen molar-refractivity contribution in [2.45, 2.75) is 51.5 Å². The molecular weight excluding hydrogens is 469 g/mol. The van der Waals surface area contributed by atoms with Gasteiger partial charge in [-0.15, -0.1) is 10.2 Å². The third-order valence-electron chi connectivity index (χ3n) is 5.56. The minimum absolute atomic E-state index is 0.0791. The summed E-state index contributed by atoms with van der Waals surface area (Å²) in [4.78, 5) is 15.2. The monoisotopic (exact) mass is 497 g/mol. The van der Waals surface area contributed by atoms with Crippen LogP contribution < -0.4 is 14.4 Å². The molecule has 1 unspecified atom stereocenters. The number of halogens is 1. The summed E-state index contributed by atoms with van der Waals surface area (Å²) >= 11 is 1.17. The van der Waals surface area contributed by atoms with E-state index in [1.54, 1.807) is 11.8 Å². The number of aromatic nitrogens is 2. The molecule has 2 heterocycles. The van der Waals surface area contributed by atoms with E-state index >= 15 is 0 Å². The number of carbonyl (C=O) groups excluding carboxylic acids is 1. The van der Waals surface area contributed by atoms with E-state index in [-0.39, 0.29) is 28.6 Å². The van der Waals surface area contributed by atoms with E-state index in [2.05, 4.69) is 16.3 Å². The fourth-order valence-electron chi connectivity index (χ4n) is 4.12. The van der Waals surface area contributed by atoms with Crippen molar-refractivity contribution >= 4 is 28.9 Å². The molecule has 2 aromatic carbocycles. The Morgan fingerprint density at radius 3 is 2.60 bits per heavy atom. The van der Waals surface area contributed by atoms with Crippen molar-refractivity contribution in [3.05, 3.63) is 65.8 Å². The van der Waals surface area contributed by atoms with Crippen molar-refractivity contribution in [3.63, 3.8) is 0 Å². The molecule has 0 spiro atoms. The van der Waals surface area contributed by atoms with E-state index in [0.29, 0.717) is 12.4 Å². The molecule has 0 radical (unpaired) electrons. The zero-order chi connectivity index (χ0) is 25.2. The topological polar surface area (TPSA) is 77.7 Å². The summed E-state index contributed by atoms with van der Waals surface area (Å²) in [5.41, 5.74) is 2.41. The van der Waals surface area contributed by atoms with Crippen molar-refractivity contribution in [3.8, 4) is 11.5 Å². The highest BCUT2D eigenvalue weighted by Crippen LogP contribution is 2.41. The van der Waals surface area contributed by atoms with Crippen LogP contribution in [0.1, 0.15) is 52.2 Å². The molecule has 0 aliphatic carbocycles. The summed E-state index contributed by atoms with van der Waals surface area (Å²) < 4.78 is 30.2. The third kappa shape index (κ3) is 5.51.